The fourth-order valence-corrected chi connectivity index (χ4v) is 2.91. The maximum absolute atomic E-state index is 12.5. The first-order valence-corrected chi connectivity index (χ1v) is 9.34. The fraction of sp³-hybridized carbons (Fsp3) is 0.0476. The molecule has 0 saturated heterocycles. The molecule has 0 atom stereocenters. The maximum atomic E-state index is 12.5. The smallest absolute Gasteiger partial charge is 0.275 e. The molecule has 0 aromatic heterocycles. The second kappa shape index (κ2) is 9.35. The topological polar surface area (TPSA) is 50.7 Å². The van der Waals surface area contributed by atoms with Gasteiger partial charge in [-0.2, -0.15) is 5.10 Å². The molecular weight excluding hydrogens is 428 g/mol. The van der Waals surface area contributed by atoms with Gasteiger partial charge in [-0.3, -0.25) is 4.79 Å². The van der Waals surface area contributed by atoms with E-state index in [-0.39, 0.29) is 5.91 Å². The monoisotopic (exact) mass is 442 g/mol. The van der Waals surface area contributed by atoms with Crippen molar-refractivity contribution >= 4 is 39.7 Å². The molecule has 0 radical (unpaired) electrons. The van der Waals surface area contributed by atoms with Gasteiger partial charge in [0.25, 0.3) is 5.91 Å². The number of benzene rings is 3. The molecule has 0 heterocycles. The number of hydrogen-bond acceptors (Lipinski definition) is 3. The van der Waals surface area contributed by atoms with E-state index in [0.29, 0.717) is 22.9 Å². The molecule has 136 valence electrons. The van der Waals surface area contributed by atoms with Crippen LogP contribution in [0.4, 0.5) is 0 Å². The van der Waals surface area contributed by atoms with Crippen LogP contribution in [0.2, 0.25) is 5.02 Å². The largest absolute Gasteiger partial charge is 0.488 e. The lowest BCUT2D eigenvalue weighted by atomic mass is 10.2. The Bertz CT molecular complexity index is 961. The van der Waals surface area contributed by atoms with Gasteiger partial charge in [-0.25, -0.2) is 5.43 Å². The Hall–Kier alpha value is -2.63. The lowest BCUT2D eigenvalue weighted by Crippen LogP contribution is -2.18. The van der Waals surface area contributed by atoms with Gasteiger partial charge in [0.2, 0.25) is 0 Å². The number of halogens is 2. The van der Waals surface area contributed by atoms with Gasteiger partial charge in [0.05, 0.1) is 11.8 Å². The Labute approximate surface area is 171 Å². The van der Waals surface area contributed by atoms with Crippen molar-refractivity contribution in [3.05, 3.63) is 99.0 Å². The molecule has 0 aliphatic rings. The zero-order chi connectivity index (χ0) is 19.1. The fourth-order valence-electron chi connectivity index (χ4n) is 2.35. The van der Waals surface area contributed by atoms with E-state index in [9.17, 15) is 4.79 Å². The van der Waals surface area contributed by atoms with Gasteiger partial charge in [0, 0.05) is 9.50 Å². The van der Waals surface area contributed by atoms with Crippen molar-refractivity contribution < 1.29 is 9.53 Å². The summed E-state index contributed by atoms with van der Waals surface area (Å²) in [5, 5.41) is 4.60. The summed E-state index contributed by atoms with van der Waals surface area (Å²) in [4.78, 5) is 12.5. The van der Waals surface area contributed by atoms with E-state index in [4.69, 9.17) is 16.3 Å². The van der Waals surface area contributed by atoms with Crippen molar-refractivity contribution in [2.75, 3.05) is 0 Å². The highest BCUT2D eigenvalue weighted by molar-refractivity contribution is 9.10. The molecule has 3 rings (SSSR count). The molecule has 0 bridgehead atoms. The van der Waals surface area contributed by atoms with E-state index in [2.05, 4.69) is 26.5 Å². The molecule has 3 aromatic carbocycles. The van der Waals surface area contributed by atoms with E-state index in [1.807, 2.05) is 48.5 Å². The van der Waals surface area contributed by atoms with E-state index in [1.54, 1.807) is 24.3 Å². The molecule has 0 aliphatic carbocycles. The Balaban J connectivity index is 1.70. The van der Waals surface area contributed by atoms with Crippen molar-refractivity contribution in [1.29, 1.82) is 0 Å². The molecule has 0 fully saturated rings. The summed E-state index contributed by atoms with van der Waals surface area (Å²) >= 11 is 9.32. The first kappa shape index (κ1) is 19.1. The van der Waals surface area contributed by atoms with Crippen LogP contribution in [0, 0.1) is 0 Å². The van der Waals surface area contributed by atoms with Crippen LogP contribution in [0.3, 0.4) is 0 Å². The van der Waals surface area contributed by atoms with Gasteiger partial charge < -0.3 is 4.74 Å². The SMILES string of the molecule is O=C(N/N=C\c1cccc(Cl)c1)c1cc(Br)ccc1OCc1ccccc1. The third-order valence-electron chi connectivity index (χ3n) is 3.65. The van der Waals surface area contributed by atoms with Gasteiger partial charge >= 0.3 is 0 Å². The Morgan fingerprint density at radius 2 is 1.89 bits per heavy atom. The molecule has 3 aromatic rings. The van der Waals surface area contributed by atoms with Gasteiger partial charge in [-0.15, -0.1) is 0 Å². The average molecular weight is 444 g/mol. The molecule has 27 heavy (non-hydrogen) atoms. The first-order chi connectivity index (χ1) is 13.1. The van der Waals surface area contributed by atoms with Crippen molar-refractivity contribution in [2.45, 2.75) is 6.61 Å². The van der Waals surface area contributed by atoms with E-state index in [0.717, 1.165) is 15.6 Å². The van der Waals surface area contributed by atoms with Crippen LogP contribution in [0.15, 0.2) is 82.4 Å². The number of hydrazone groups is 1. The van der Waals surface area contributed by atoms with Crippen LogP contribution < -0.4 is 10.2 Å². The standard InChI is InChI=1S/C21H16BrClN2O2/c22-17-9-10-20(27-14-15-5-2-1-3-6-15)19(12-17)21(26)25-24-13-16-7-4-8-18(23)11-16/h1-13H,14H2,(H,25,26)/b24-13-. The number of nitrogens with zero attached hydrogens (tertiary/aromatic N) is 1. The van der Waals surface area contributed by atoms with Gasteiger partial charge in [0.1, 0.15) is 12.4 Å². The van der Waals surface area contributed by atoms with Crippen LogP contribution in [-0.4, -0.2) is 12.1 Å². The van der Waals surface area contributed by atoms with Crippen LogP contribution in [0.5, 0.6) is 5.75 Å². The van der Waals surface area contributed by atoms with Crippen LogP contribution in [0.1, 0.15) is 21.5 Å². The highest BCUT2D eigenvalue weighted by atomic mass is 79.9. The second-order valence-electron chi connectivity index (χ2n) is 5.67. The summed E-state index contributed by atoms with van der Waals surface area (Å²) in [6.07, 6.45) is 1.53. The van der Waals surface area contributed by atoms with Crippen molar-refractivity contribution in [3.63, 3.8) is 0 Å². The highest BCUT2D eigenvalue weighted by Crippen LogP contribution is 2.24. The lowest BCUT2D eigenvalue weighted by Gasteiger charge is -2.11. The quantitative estimate of drug-likeness (QED) is 0.407. The summed E-state index contributed by atoms with van der Waals surface area (Å²) in [5.74, 6) is 0.121. The molecule has 6 heteroatoms. The zero-order valence-electron chi connectivity index (χ0n) is 14.2. The molecule has 0 saturated carbocycles. The summed E-state index contributed by atoms with van der Waals surface area (Å²) in [6.45, 7) is 0.370. The van der Waals surface area contributed by atoms with Crippen LogP contribution in [0.25, 0.3) is 0 Å². The van der Waals surface area contributed by atoms with Crippen LogP contribution in [-0.2, 0) is 6.61 Å². The van der Waals surface area contributed by atoms with E-state index >= 15 is 0 Å². The number of hydrogen-bond donors (Lipinski definition) is 1. The predicted octanol–water partition coefficient (Wildman–Crippen LogP) is 5.45. The number of rotatable bonds is 6. The zero-order valence-corrected chi connectivity index (χ0v) is 16.6. The Morgan fingerprint density at radius 3 is 2.67 bits per heavy atom. The second-order valence-corrected chi connectivity index (χ2v) is 7.02. The van der Waals surface area contributed by atoms with Crippen molar-refractivity contribution in [1.82, 2.24) is 5.43 Å². The van der Waals surface area contributed by atoms with Crippen LogP contribution >= 0.6 is 27.5 Å². The van der Waals surface area contributed by atoms with Gasteiger partial charge in [0.15, 0.2) is 0 Å². The van der Waals surface area contributed by atoms with E-state index in [1.165, 1.54) is 6.21 Å². The summed E-state index contributed by atoms with van der Waals surface area (Å²) in [5.41, 5.74) is 4.72. The molecule has 1 N–H and O–H groups in total. The summed E-state index contributed by atoms with van der Waals surface area (Å²) < 4.78 is 6.61. The molecular formula is C21H16BrClN2O2. The van der Waals surface area contributed by atoms with Gasteiger partial charge in [-0.1, -0.05) is 70.0 Å². The predicted molar refractivity (Wildman–Crippen MR) is 111 cm³/mol. The number of carbonyl (C=O) groups excluding carboxylic acids is 1. The van der Waals surface area contributed by atoms with E-state index < -0.39 is 0 Å². The minimum Gasteiger partial charge on any atom is -0.488 e. The molecule has 1 amide bonds. The third-order valence-corrected chi connectivity index (χ3v) is 4.38. The molecule has 0 aliphatic heterocycles. The summed E-state index contributed by atoms with van der Waals surface area (Å²) in [6, 6.07) is 22.2. The normalized spacial score (nSPS) is 10.7. The Morgan fingerprint density at radius 1 is 1.07 bits per heavy atom. The highest BCUT2D eigenvalue weighted by Gasteiger charge is 2.13. The molecule has 4 nitrogen and oxygen atoms in total. The maximum Gasteiger partial charge on any atom is 0.275 e. The summed E-state index contributed by atoms with van der Waals surface area (Å²) in [7, 11) is 0. The molecule has 0 unspecified atom stereocenters. The molecule has 0 spiro atoms. The number of carbonyl (C=O) groups is 1. The van der Waals surface area contributed by atoms with Gasteiger partial charge in [-0.05, 0) is 41.5 Å². The minimum absolute atomic E-state index is 0.363. The van der Waals surface area contributed by atoms with Crippen molar-refractivity contribution in [3.8, 4) is 5.75 Å². The number of amides is 1. The van der Waals surface area contributed by atoms with Crippen molar-refractivity contribution in [2.24, 2.45) is 5.10 Å². The first-order valence-electron chi connectivity index (χ1n) is 8.17. The minimum atomic E-state index is -0.363. The number of ether oxygens (including phenoxy) is 1. The Kier molecular flexibility index (Phi) is 6.63. The number of nitrogens with one attached hydrogen (secondary N) is 1. The third kappa shape index (κ3) is 5.67. The average Bonchev–Trinajstić information content (AvgIpc) is 2.68. The lowest BCUT2D eigenvalue weighted by molar-refractivity contribution is 0.0950.